The van der Waals surface area contributed by atoms with Gasteiger partial charge in [-0.05, 0) is 36.1 Å². The minimum Gasteiger partial charge on any atom is -0.334 e. The van der Waals surface area contributed by atoms with Gasteiger partial charge >= 0.3 is 0 Å². The zero-order valence-electron chi connectivity index (χ0n) is 11.3. The van der Waals surface area contributed by atoms with Gasteiger partial charge in [0.15, 0.2) is 0 Å². The molecule has 2 fully saturated rings. The van der Waals surface area contributed by atoms with Crippen molar-refractivity contribution in [2.75, 3.05) is 19.6 Å². The zero-order valence-corrected chi connectivity index (χ0v) is 12.9. The standard InChI is InChI=1S/C14H19ClN2OS/c1-3-11-10-5-16-4-9(10)6-17(11)14(18)13-12(15)8(2)7-19-13/h7,9-11,16H,3-6H2,1-2H3. The molecule has 0 aromatic carbocycles. The lowest BCUT2D eigenvalue weighted by molar-refractivity contribution is 0.0716. The third kappa shape index (κ3) is 2.10. The highest BCUT2D eigenvalue weighted by molar-refractivity contribution is 7.13. The highest BCUT2D eigenvalue weighted by Gasteiger charge is 2.45. The van der Waals surface area contributed by atoms with Gasteiger partial charge in [-0.2, -0.15) is 0 Å². The molecule has 3 rings (SSSR count). The summed E-state index contributed by atoms with van der Waals surface area (Å²) >= 11 is 7.72. The number of carbonyl (C=O) groups is 1. The monoisotopic (exact) mass is 298 g/mol. The molecule has 2 saturated heterocycles. The molecule has 1 amide bonds. The molecule has 3 unspecified atom stereocenters. The Bertz CT molecular complexity index is 502. The maximum absolute atomic E-state index is 12.7. The molecule has 3 nitrogen and oxygen atoms in total. The maximum Gasteiger partial charge on any atom is 0.265 e. The van der Waals surface area contributed by atoms with Crippen LogP contribution in [0.15, 0.2) is 5.38 Å². The van der Waals surface area contributed by atoms with Crippen molar-refractivity contribution >= 4 is 28.8 Å². The quantitative estimate of drug-likeness (QED) is 0.910. The number of thiophene rings is 1. The predicted octanol–water partition coefficient (Wildman–Crippen LogP) is 2.78. The van der Waals surface area contributed by atoms with Crippen LogP contribution in [0.3, 0.4) is 0 Å². The van der Waals surface area contributed by atoms with Crippen molar-refractivity contribution in [2.24, 2.45) is 11.8 Å². The normalized spacial score (nSPS) is 29.8. The van der Waals surface area contributed by atoms with Crippen LogP contribution in [0.1, 0.15) is 28.6 Å². The predicted molar refractivity (Wildman–Crippen MR) is 79.0 cm³/mol. The van der Waals surface area contributed by atoms with Crippen LogP contribution in [0.5, 0.6) is 0 Å². The average molecular weight is 299 g/mol. The largest absolute Gasteiger partial charge is 0.334 e. The summed E-state index contributed by atoms with van der Waals surface area (Å²) in [6.07, 6.45) is 1.02. The summed E-state index contributed by atoms with van der Waals surface area (Å²) in [4.78, 5) is 15.5. The van der Waals surface area contributed by atoms with Crippen LogP contribution < -0.4 is 5.32 Å². The van der Waals surface area contributed by atoms with Crippen LogP contribution in [0.2, 0.25) is 5.02 Å². The van der Waals surface area contributed by atoms with E-state index in [1.807, 2.05) is 12.3 Å². The van der Waals surface area contributed by atoms with Crippen LogP contribution in [-0.2, 0) is 0 Å². The Morgan fingerprint density at radius 3 is 3.00 bits per heavy atom. The Morgan fingerprint density at radius 2 is 2.37 bits per heavy atom. The van der Waals surface area contributed by atoms with Gasteiger partial charge in [-0.1, -0.05) is 18.5 Å². The third-order valence-electron chi connectivity index (χ3n) is 4.49. The number of aryl methyl sites for hydroxylation is 1. The highest BCUT2D eigenvalue weighted by Crippen LogP contribution is 2.37. The number of nitrogens with zero attached hydrogens (tertiary/aromatic N) is 1. The second-order valence-electron chi connectivity index (χ2n) is 5.58. The maximum atomic E-state index is 12.7. The van der Waals surface area contributed by atoms with Crippen LogP contribution in [0, 0.1) is 18.8 Å². The summed E-state index contributed by atoms with van der Waals surface area (Å²) in [7, 11) is 0. The zero-order chi connectivity index (χ0) is 13.6. The molecule has 2 aliphatic heterocycles. The van der Waals surface area contributed by atoms with Gasteiger partial charge in [0.2, 0.25) is 0 Å². The molecule has 1 N–H and O–H groups in total. The average Bonchev–Trinajstić information content (AvgIpc) is 3.04. The molecular weight excluding hydrogens is 280 g/mol. The van der Waals surface area contributed by atoms with Gasteiger partial charge in [-0.15, -0.1) is 11.3 Å². The second kappa shape index (κ2) is 5.08. The molecule has 5 heteroatoms. The lowest BCUT2D eigenvalue weighted by Crippen LogP contribution is -2.39. The molecule has 104 valence electrons. The van der Waals surface area contributed by atoms with Gasteiger partial charge in [0.1, 0.15) is 4.88 Å². The number of amides is 1. The minimum atomic E-state index is 0.129. The number of fused-ring (bicyclic) bond motifs is 1. The number of nitrogens with one attached hydrogen (secondary N) is 1. The molecule has 2 aliphatic rings. The van der Waals surface area contributed by atoms with E-state index in [9.17, 15) is 4.79 Å². The summed E-state index contributed by atoms with van der Waals surface area (Å²) in [5.41, 5.74) is 1.00. The van der Waals surface area contributed by atoms with E-state index < -0.39 is 0 Å². The van der Waals surface area contributed by atoms with E-state index in [2.05, 4.69) is 17.1 Å². The summed E-state index contributed by atoms with van der Waals surface area (Å²) in [5.74, 6) is 1.37. The third-order valence-corrected chi connectivity index (χ3v) is 6.18. The molecular formula is C14H19ClN2OS. The lowest BCUT2D eigenvalue weighted by Gasteiger charge is -2.26. The lowest BCUT2D eigenvalue weighted by atomic mass is 9.93. The first-order valence-electron chi connectivity index (χ1n) is 6.88. The fourth-order valence-electron chi connectivity index (χ4n) is 3.48. The van der Waals surface area contributed by atoms with Crippen molar-refractivity contribution in [3.63, 3.8) is 0 Å². The summed E-state index contributed by atoms with van der Waals surface area (Å²) in [6.45, 7) is 7.09. The Kier molecular flexibility index (Phi) is 3.58. The van der Waals surface area contributed by atoms with E-state index >= 15 is 0 Å². The van der Waals surface area contributed by atoms with E-state index in [0.717, 1.165) is 31.6 Å². The fraction of sp³-hybridized carbons (Fsp3) is 0.643. The summed E-state index contributed by atoms with van der Waals surface area (Å²) in [5, 5.41) is 6.05. The first kappa shape index (κ1) is 13.4. The fourth-order valence-corrected chi connectivity index (χ4v) is 4.71. The van der Waals surface area contributed by atoms with Gasteiger partial charge < -0.3 is 10.2 Å². The SMILES string of the molecule is CCC1C2CNCC2CN1C(=O)c1scc(C)c1Cl. The molecule has 0 spiro atoms. The van der Waals surface area contributed by atoms with E-state index in [1.165, 1.54) is 11.3 Å². The molecule has 19 heavy (non-hydrogen) atoms. The topological polar surface area (TPSA) is 32.3 Å². The summed E-state index contributed by atoms with van der Waals surface area (Å²) in [6, 6.07) is 0.367. The smallest absolute Gasteiger partial charge is 0.265 e. The van der Waals surface area contributed by atoms with Crippen LogP contribution in [-0.4, -0.2) is 36.5 Å². The first-order chi connectivity index (χ1) is 9.13. The van der Waals surface area contributed by atoms with E-state index in [-0.39, 0.29) is 5.91 Å². The van der Waals surface area contributed by atoms with Gasteiger partial charge in [-0.25, -0.2) is 0 Å². The number of rotatable bonds is 2. The Hall–Kier alpha value is -0.580. The molecule has 1 aromatic rings. The number of carbonyl (C=O) groups excluding carboxylic acids is 1. The molecule has 3 heterocycles. The van der Waals surface area contributed by atoms with E-state index in [0.29, 0.717) is 27.8 Å². The van der Waals surface area contributed by atoms with Crippen LogP contribution >= 0.6 is 22.9 Å². The minimum absolute atomic E-state index is 0.129. The first-order valence-corrected chi connectivity index (χ1v) is 8.14. The number of halogens is 1. The molecule has 1 aromatic heterocycles. The van der Waals surface area contributed by atoms with Crippen molar-refractivity contribution in [1.82, 2.24) is 10.2 Å². The van der Waals surface area contributed by atoms with Crippen LogP contribution in [0.4, 0.5) is 0 Å². The van der Waals surface area contributed by atoms with Crippen molar-refractivity contribution in [1.29, 1.82) is 0 Å². The van der Waals surface area contributed by atoms with Gasteiger partial charge in [0.05, 0.1) is 5.02 Å². The van der Waals surface area contributed by atoms with Crippen molar-refractivity contribution in [3.05, 3.63) is 20.8 Å². The molecule has 0 aliphatic carbocycles. The number of hydrogen-bond acceptors (Lipinski definition) is 3. The second-order valence-corrected chi connectivity index (χ2v) is 6.83. The van der Waals surface area contributed by atoms with Crippen molar-refractivity contribution < 1.29 is 4.79 Å². The Labute approximate surface area is 122 Å². The molecule has 0 saturated carbocycles. The highest BCUT2D eigenvalue weighted by atomic mass is 35.5. The van der Waals surface area contributed by atoms with Gasteiger partial charge in [-0.3, -0.25) is 4.79 Å². The van der Waals surface area contributed by atoms with E-state index in [4.69, 9.17) is 11.6 Å². The van der Waals surface area contributed by atoms with Gasteiger partial charge in [0, 0.05) is 25.7 Å². The van der Waals surface area contributed by atoms with Crippen molar-refractivity contribution in [2.45, 2.75) is 26.3 Å². The summed E-state index contributed by atoms with van der Waals surface area (Å²) < 4.78 is 0. The van der Waals surface area contributed by atoms with Gasteiger partial charge in [0.25, 0.3) is 5.91 Å². The number of hydrogen-bond donors (Lipinski definition) is 1. The molecule has 0 radical (unpaired) electrons. The molecule has 0 bridgehead atoms. The molecule has 3 atom stereocenters. The van der Waals surface area contributed by atoms with Crippen molar-refractivity contribution in [3.8, 4) is 0 Å². The van der Waals surface area contributed by atoms with Crippen LogP contribution in [0.25, 0.3) is 0 Å². The Morgan fingerprint density at radius 1 is 1.58 bits per heavy atom. The number of likely N-dealkylation sites (tertiary alicyclic amines) is 1. The Balaban J connectivity index is 1.86. The van der Waals surface area contributed by atoms with E-state index in [1.54, 1.807) is 0 Å².